The molecule has 2 heterocycles. The zero-order valence-electron chi connectivity index (χ0n) is 13.0. The van der Waals surface area contributed by atoms with E-state index in [0.29, 0.717) is 6.61 Å². The Morgan fingerprint density at radius 1 is 1.38 bits per heavy atom. The van der Waals surface area contributed by atoms with Gasteiger partial charge in [-0.1, -0.05) is 19.6 Å². The first kappa shape index (κ1) is 15.7. The second kappa shape index (κ2) is 5.99. The number of aromatic nitrogens is 2. The van der Waals surface area contributed by atoms with Crippen molar-refractivity contribution in [2.45, 2.75) is 39.3 Å². The van der Waals surface area contributed by atoms with Crippen LogP contribution in [0.15, 0.2) is 18.3 Å². The van der Waals surface area contributed by atoms with Crippen molar-refractivity contribution >= 4 is 24.9 Å². The minimum absolute atomic E-state index is 0.241. The third-order valence-corrected chi connectivity index (χ3v) is 5.06. The van der Waals surface area contributed by atoms with E-state index < -0.39 is 14.0 Å². The minimum atomic E-state index is -1.14. The highest BCUT2D eigenvalue weighted by Gasteiger charge is 2.16. The van der Waals surface area contributed by atoms with Crippen LogP contribution in [0.2, 0.25) is 25.7 Å². The van der Waals surface area contributed by atoms with Crippen LogP contribution >= 0.6 is 0 Å². The van der Waals surface area contributed by atoms with E-state index in [1.165, 1.54) is 0 Å². The van der Waals surface area contributed by atoms with Gasteiger partial charge in [0, 0.05) is 32.0 Å². The summed E-state index contributed by atoms with van der Waals surface area (Å²) < 4.78 is 7.41. The molecule has 0 atom stereocenters. The monoisotopic (exact) mass is 306 g/mol. The van der Waals surface area contributed by atoms with Gasteiger partial charge in [-0.15, -0.1) is 0 Å². The molecule has 0 unspecified atom stereocenters. The van der Waals surface area contributed by atoms with Crippen LogP contribution in [0.1, 0.15) is 16.2 Å². The van der Waals surface area contributed by atoms with Gasteiger partial charge in [0.1, 0.15) is 12.4 Å². The summed E-state index contributed by atoms with van der Waals surface area (Å²) in [5.41, 5.74) is 1.96. The van der Waals surface area contributed by atoms with Crippen LogP contribution in [0.4, 0.5) is 0 Å². The van der Waals surface area contributed by atoms with E-state index in [1.54, 1.807) is 16.8 Å². The first-order valence-electron chi connectivity index (χ1n) is 7.05. The number of aromatic carboxylic acids is 1. The zero-order valence-corrected chi connectivity index (χ0v) is 14.0. The topological polar surface area (TPSA) is 64.3 Å². The molecule has 114 valence electrons. The van der Waals surface area contributed by atoms with Crippen LogP contribution in [-0.2, 0) is 11.5 Å². The van der Waals surface area contributed by atoms with Gasteiger partial charge in [0.15, 0.2) is 0 Å². The number of hydrogen-bond donors (Lipinski definition) is 1. The SMILES string of the molecule is Cc1cc2c(cn1)cc(C(=O)O)n2COCC[Si](C)(C)C. The second-order valence-electron chi connectivity index (χ2n) is 6.50. The molecule has 1 N–H and O–H groups in total. The van der Waals surface area contributed by atoms with Crippen LogP contribution in [0.5, 0.6) is 0 Å². The maximum absolute atomic E-state index is 11.4. The van der Waals surface area contributed by atoms with E-state index >= 15 is 0 Å². The van der Waals surface area contributed by atoms with Crippen LogP contribution in [0, 0.1) is 6.92 Å². The largest absolute Gasteiger partial charge is 0.477 e. The summed E-state index contributed by atoms with van der Waals surface area (Å²) in [6.45, 7) is 9.69. The summed E-state index contributed by atoms with van der Waals surface area (Å²) in [4.78, 5) is 15.6. The quantitative estimate of drug-likeness (QED) is 0.656. The van der Waals surface area contributed by atoms with Crippen molar-refractivity contribution in [3.63, 3.8) is 0 Å². The number of hydrogen-bond acceptors (Lipinski definition) is 3. The lowest BCUT2D eigenvalue weighted by Gasteiger charge is -2.16. The second-order valence-corrected chi connectivity index (χ2v) is 12.1. The van der Waals surface area contributed by atoms with Crippen molar-refractivity contribution in [3.8, 4) is 0 Å². The highest BCUT2D eigenvalue weighted by atomic mass is 28.3. The molecule has 0 aliphatic heterocycles. The average molecular weight is 306 g/mol. The lowest BCUT2D eigenvalue weighted by atomic mass is 10.3. The molecule has 2 aromatic heterocycles. The van der Waals surface area contributed by atoms with Crippen molar-refractivity contribution < 1.29 is 14.6 Å². The van der Waals surface area contributed by atoms with Gasteiger partial charge in [-0.2, -0.15) is 0 Å². The van der Waals surface area contributed by atoms with Crippen molar-refractivity contribution in [1.82, 2.24) is 9.55 Å². The number of nitrogens with zero attached hydrogens (tertiary/aromatic N) is 2. The Labute approximate surface area is 125 Å². The normalized spacial score (nSPS) is 12.0. The molecule has 2 rings (SSSR count). The number of carboxylic acids is 1. The van der Waals surface area contributed by atoms with Gasteiger partial charge in [-0.25, -0.2) is 4.79 Å². The molecule has 0 saturated heterocycles. The highest BCUT2D eigenvalue weighted by molar-refractivity contribution is 6.76. The van der Waals surface area contributed by atoms with E-state index in [1.807, 2.05) is 13.0 Å². The molecule has 2 aromatic rings. The summed E-state index contributed by atoms with van der Waals surface area (Å²) in [6, 6.07) is 4.60. The van der Waals surface area contributed by atoms with Crippen molar-refractivity contribution in [1.29, 1.82) is 0 Å². The van der Waals surface area contributed by atoms with Crippen molar-refractivity contribution in [2.75, 3.05) is 6.61 Å². The number of rotatable bonds is 6. The molecular weight excluding hydrogens is 284 g/mol. The smallest absolute Gasteiger partial charge is 0.352 e. The number of carboxylic acid groups (broad SMARTS) is 1. The Kier molecular flexibility index (Phi) is 4.48. The first-order valence-corrected chi connectivity index (χ1v) is 10.8. The molecule has 0 amide bonds. The fourth-order valence-electron chi connectivity index (χ4n) is 2.11. The Bertz CT molecular complexity index is 659. The van der Waals surface area contributed by atoms with Gasteiger partial charge in [0.2, 0.25) is 0 Å². The number of fused-ring (bicyclic) bond motifs is 1. The van der Waals surface area contributed by atoms with Gasteiger partial charge < -0.3 is 14.4 Å². The van der Waals surface area contributed by atoms with E-state index in [9.17, 15) is 9.90 Å². The van der Waals surface area contributed by atoms with Gasteiger partial charge in [-0.05, 0) is 25.1 Å². The lowest BCUT2D eigenvalue weighted by molar-refractivity contribution is 0.0630. The summed E-state index contributed by atoms with van der Waals surface area (Å²) in [7, 11) is -1.14. The standard InChI is InChI=1S/C15H22N2O3Si/c1-11-7-13-12(9-16-11)8-14(15(18)19)17(13)10-20-5-6-21(2,3)4/h7-9H,5-6,10H2,1-4H3,(H,18,19). The maximum Gasteiger partial charge on any atom is 0.352 e. The van der Waals surface area contributed by atoms with Crippen LogP contribution < -0.4 is 0 Å². The molecular formula is C15H22N2O3Si. The van der Waals surface area contributed by atoms with Crippen LogP contribution in [-0.4, -0.2) is 35.3 Å². The fraction of sp³-hybridized carbons (Fsp3) is 0.467. The summed E-state index contributed by atoms with van der Waals surface area (Å²) in [5, 5.41) is 10.2. The molecule has 0 aromatic carbocycles. The third-order valence-electron chi connectivity index (χ3n) is 3.36. The molecule has 0 saturated carbocycles. The number of carbonyl (C=O) groups is 1. The van der Waals surface area contributed by atoms with Crippen LogP contribution in [0.25, 0.3) is 10.9 Å². The minimum Gasteiger partial charge on any atom is -0.477 e. The van der Waals surface area contributed by atoms with E-state index in [-0.39, 0.29) is 12.4 Å². The number of aryl methyl sites for hydroxylation is 1. The maximum atomic E-state index is 11.4. The van der Waals surface area contributed by atoms with Gasteiger partial charge >= 0.3 is 5.97 Å². The van der Waals surface area contributed by atoms with E-state index in [0.717, 1.165) is 22.6 Å². The molecule has 5 nitrogen and oxygen atoms in total. The predicted octanol–water partition coefficient (Wildman–Crippen LogP) is 3.36. The molecule has 0 spiro atoms. The van der Waals surface area contributed by atoms with E-state index in [4.69, 9.17) is 4.74 Å². The van der Waals surface area contributed by atoms with Crippen molar-refractivity contribution in [2.24, 2.45) is 0 Å². The molecule has 0 aliphatic rings. The van der Waals surface area contributed by atoms with Crippen LogP contribution in [0.3, 0.4) is 0 Å². The predicted molar refractivity (Wildman–Crippen MR) is 85.5 cm³/mol. The van der Waals surface area contributed by atoms with Gasteiger partial charge in [0.25, 0.3) is 0 Å². The third kappa shape index (κ3) is 3.92. The molecule has 21 heavy (non-hydrogen) atoms. The fourth-order valence-corrected chi connectivity index (χ4v) is 2.86. The van der Waals surface area contributed by atoms with Gasteiger partial charge in [-0.3, -0.25) is 4.98 Å². The Hall–Kier alpha value is -1.66. The zero-order chi connectivity index (χ0) is 15.6. The summed E-state index contributed by atoms with van der Waals surface area (Å²) >= 11 is 0. The average Bonchev–Trinajstić information content (AvgIpc) is 2.72. The van der Waals surface area contributed by atoms with Crippen molar-refractivity contribution in [3.05, 3.63) is 29.7 Å². The molecule has 0 radical (unpaired) electrons. The summed E-state index contributed by atoms with van der Waals surface area (Å²) in [5.74, 6) is -0.947. The Balaban J connectivity index is 2.22. The number of pyridine rings is 1. The lowest BCUT2D eigenvalue weighted by Crippen LogP contribution is -2.22. The van der Waals surface area contributed by atoms with E-state index in [2.05, 4.69) is 24.6 Å². The molecule has 6 heteroatoms. The van der Waals surface area contributed by atoms with Gasteiger partial charge in [0.05, 0.1) is 5.52 Å². The number of ether oxygens (including phenoxy) is 1. The molecule has 0 fully saturated rings. The Morgan fingerprint density at radius 3 is 2.71 bits per heavy atom. The summed E-state index contributed by atoms with van der Waals surface area (Å²) in [6.07, 6.45) is 1.70. The molecule has 0 aliphatic carbocycles. The molecule has 0 bridgehead atoms. The first-order chi connectivity index (χ1) is 9.78. The highest BCUT2D eigenvalue weighted by Crippen LogP contribution is 2.20. The Morgan fingerprint density at radius 2 is 2.10 bits per heavy atom.